The van der Waals surface area contributed by atoms with E-state index in [1.807, 2.05) is 24.3 Å². The van der Waals surface area contributed by atoms with Crippen LogP contribution >= 0.6 is 11.8 Å². The first kappa shape index (κ1) is 7.15. The van der Waals surface area contributed by atoms with E-state index < -0.39 is 0 Å². The van der Waals surface area contributed by atoms with Crippen molar-refractivity contribution in [1.82, 2.24) is 0 Å². The van der Waals surface area contributed by atoms with Gasteiger partial charge in [0, 0.05) is 5.39 Å². The zero-order valence-corrected chi connectivity index (χ0v) is 7.54. The Labute approximate surface area is 78.8 Å². The number of benzene rings is 1. The number of fused-ring (bicyclic) bond motifs is 3. The molecule has 64 valence electrons. The molecular formula is C9H6N2OS. The number of azo groups is 1. The summed E-state index contributed by atoms with van der Waals surface area (Å²) in [6.07, 6.45) is 0. The SMILES string of the molecule is c1ccc2c3c(oc2c1)SCN=N3. The summed E-state index contributed by atoms with van der Waals surface area (Å²) in [7, 11) is 0. The number of rotatable bonds is 0. The van der Waals surface area contributed by atoms with E-state index in [1.54, 1.807) is 11.8 Å². The summed E-state index contributed by atoms with van der Waals surface area (Å²) in [6, 6.07) is 7.89. The lowest BCUT2D eigenvalue weighted by atomic mass is 10.2. The average Bonchev–Trinajstić information content (AvgIpc) is 2.56. The molecule has 0 fully saturated rings. The summed E-state index contributed by atoms with van der Waals surface area (Å²) >= 11 is 1.59. The molecule has 0 N–H and O–H groups in total. The molecule has 0 spiro atoms. The first-order valence-corrected chi connectivity index (χ1v) is 4.95. The van der Waals surface area contributed by atoms with Crippen molar-refractivity contribution in [2.75, 3.05) is 5.88 Å². The Bertz CT molecular complexity index is 489. The van der Waals surface area contributed by atoms with E-state index in [0.717, 1.165) is 21.7 Å². The van der Waals surface area contributed by atoms with E-state index in [4.69, 9.17) is 4.42 Å². The third-order valence-electron chi connectivity index (χ3n) is 1.96. The van der Waals surface area contributed by atoms with Crippen LogP contribution in [0.3, 0.4) is 0 Å². The summed E-state index contributed by atoms with van der Waals surface area (Å²) in [4.78, 5) is 0. The van der Waals surface area contributed by atoms with Crippen LogP contribution in [0.25, 0.3) is 11.0 Å². The van der Waals surface area contributed by atoms with Crippen molar-refractivity contribution in [2.24, 2.45) is 10.2 Å². The lowest BCUT2D eigenvalue weighted by molar-refractivity contribution is 0.514. The molecule has 0 aliphatic carbocycles. The van der Waals surface area contributed by atoms with Gasteiger partial charge in [0.15, 0.2) is 5.09 Å². The summed E-state index contributed by atoms with van der Waals surface area (Å²) < 4.78 is 5.60. The molecule has 2 aromatic rings. The van der Waals surface area contributed by atoms with Gasteiger partial charge >= 0.3 is 0 Å². The Balaban J connectivity index is 2.42. The molecule has 0 saturated heterocycles. The molecule has 1 aliphatic heterocycles. The minimum absolute atomic E-state index is 0.660. The van der Waals surface area contributed by atoms with Gasteiger partial charge in [-0.3, -0.25) is 0 Å². The molecule has 0 amide bonds. The third-order valence-corrected chi connectivity index (χ3v) is 2.75. The van der Waals surface area contributed by atoms with E-state index >= 15 is 0 Å². The molecule has 1 aromatic carbocycles. The maximum Gasteiger partial charge on any atom is 0.191 e. The molecule has 3 nitrogen and oxygen atoms in total. The molecule has 2 heterocycles. The second kappa shape index (κ2) is 2.60. The van der Waals surface area contributed by atoms with Crippen LogP contribution in [0.4, 0.5) is 5.69 Å². The first-order chi connectivity index (χ1) is 6.45. The summed E-state index contributed by atoms with van der Waals surface area (Å²) in [5, 5.41) is 10.00. The van der Waals surface area contributed by atoms with Gasteiger partial charge in [-0.15, -0.1) is 5.11 Å². The van der Waals surface area contributed by atoms with Crippen LogP contribution in [0.1, 0.15) is 0 Å². The summed E-state index contributed by atoms with van der Waals surface area (Å²) in [5.74, 6) is 0.660. The number of hydrogen-bond acceptors (Lipinski definition) is 4. The van der Waals surface area contributed by atoms with E-state index in [0.29, 0.717) is 5.88 Å². The van der Waals surface area contributed by atoms with Gasteiger partial charge in [-0.05, 0) is 12.1 Å². The van der Waals surface area contributed by atoms with Gasteiger partial charge in [-0.2, -0.15) is 5.11 Å². The largest absolute Gasteiger partial charge is 0.447 e. The Morgan fingerprint density at radius 2 is 2.23 bits per heavy atom. The van der Waals surface area contributed by atoms with Gasteiger partial charge in [0.2, 0.25) is 0 Å². The molecular weight excluding hydrogens is 184 g/mol. The van der Waals surface area contributed by atoms with Crippen molar-refractivity contribution in [3.63, 3.8) is 0 Å². The standard InChI is InChI=1S/C9H6N2OS/c1-2-4-7-6(3-1)8-9(12-7)13-5-10-11-8/h1-4H,5H2. The van der Waals surface area contributed by atoms with E-state index in [2.05, 4.69) is 10.2 Å². The lowest BCUT2D eigenvalue weighted by Gasteiger charge is -1.98. The minimum atomic E-state index is 0.660. The average molecular weight is 190 g/mol. The lowest BCUT2D eigenvalue weighted by Crippen LogP contribution is -1.76. The van der Waals surface area contributed by atoms with Gasteiger partial charge in [0.05, 0.1) is 0 Å². The first-order valence-electron chi connectivity index (χ1n) is 3.97. The molecule has 1 aliphatic rings. The van der Waals surface area contributed by atoms with Crippen molar-refractivity contribution in [1.29, 1.82) is 0 Å². The minimum Gasteiger partial charge on any atom is -0.447 e. The van der Waals surface area contributed by atoms with E-state index in [-0.39, 0.29) is 0 Å². The van der Waals surface area contributed by atoms with Crippen molar-refractivity contribution >= 4 is 28.4 Å². The molecule has 0 atom stereocenters. The van der Waals surface area contributed by atoms with Gasteiger partial charge in [-0.25, -0.2) is 0 Å². The summed E-state index contributed by atoms with van der Waals surface area (Å²) in [6.45, 7) is 0. The van der Waals surface area contributed by atoms with Gasteiger partial charge in [0.1, 0.15) is 17.1 Å². The van der Waals surface area contributed by atoms with Crippen LogP contribution in [0, 0.1) is 0 Å². The highest BCUT2D eigenvalue weighted by atomic mass is 32.2. The van der Waals surface area contributed by atoms with E-state index in [1.165, 1.54) is 0 Å². The predicted octanol–water partition coefficient (Wildman–Crippen LogP) is 3.58. The molecule has 0 saturated carbocycles. The van der Waals surface area contributed by atoms with Gasteiger partial charge in [0.25, 0.3) is 0 Å². The Kier molecular flexibility index (Phi) is 1.43. The molecule has 0 unspecified atom stereocenters. The highest BCUT2D eigenvalue weighted by Crippen LogP contribution is 2.42. The number of thioether (sulfide) groups is 1. The van der Waals surface area contributed by atoms with Crippen LogP contribution in [-0.4, -0.2) is 5.88 Å². The number of nitrogens with zero attached hydrogens (tertiary/aromatic N) is 2. The highest BCUT2D eigenvalue weighted by molar-refractivity contribution is 7.99. The number of para-hydroxylation sites is 1. The van der Waals surface area contributed by atoms with Crippen LogP contribution in [-0.2, 0) is 0 Å². The third kappa shape index (κ3) is 0.986. The normalized spacial score (nSPS) is 14.8. The fourth-order valence-electron chi connectivity index (χ4n) is 1.39. The molecule has 0 bridgehead atoms. The quantitative estimate of drug-likeness (QED) is 0.636. The number of hydrogen-bond donors (Lipinski definition) is 0. The molecule has 0 radical (unpaired) electrons. The maximum atomic E-state index is 5.60. The second-order valence-corrected chi connectivity index (χ2v) is 3.67. The maximum absolute atomic E-state index is 5.60. The van der Waals surface area contributed by atoms with Crippen LogP contribution < -0.4 is 0 Å². The molecule has 1 aromatic heterocycles. The van der Waals surface area contributed by atoms with E-state index in [9.17, 15) is 0 Å². The summed E-state index contributed by atoms with van der Waals surface area (Å²) in [5.41, 5.74) is 1.77. The van der Waals surface area contributed by atoms with Gasteiger partial charge < -0.3 is 4.42 Å². The zero-order chi connectivity index (χ0) is 8.67. The van der Waals surface area contributed by atoms with Crippen LogP contribution in [0.5, 0.6) is 0 Å². The van der Waals surface area contributed by atoms with Crippen molar-refractivity contribution in [2.45, 2.75) is 5.09 Å². The monoisotopic (exact) mass is 190 g/mol. The predicted molar refractivity (Wildman–Crippen MR) is 51.5 cm³/mol. The topological polar surface area (TPSA) is 37.9 Å². The Hall–Kier alpha value is -1.29. The van der Waals surface area contributed by atoms with Crippen LogP contribution in [0.2, 0.25) is 0 Å². The Morgan fingerprint density at radius 3 is 3.23 bits per heavy atom. The van der Waals surface area contributed by atoms with Gasteiger partial charge in [-0.1, -0.05) is 23.9 Å². The number of furan rings is 1. The molecule has 13 heavy (non-hydrogen) atoms. The molecule has 3 rings (SSSR count). The highest BCUT2D eigenvalue weighted by Gasteiger charge is 2.16. The van der Waals surface area contributed by atoms with Crippen molar-refractivity contribution < 1.29 is 4.42 Å². The van der Waals surface area contributed by atoms with Crippen LogP contribution in [0.15, 0.2) is 44.0 Å². The van der Waals surface area contributed by atoms with Crippen molar-refractivity contribution in [3.8, 4) is 0 Å². The zero-order valence-electron chi connectivity index (χ0n) is 6.73. The second-order valence-electron chi connectivity index (χ2n) is 2.75. The molecule has 4 heteroatoms. The fraction of sp³-hybridized carbons (Fsp3) is 0.111. The van der Waals surface area contributed by atoms with Crippen molar-refractivity contribution in [3.05, 3.63) is 24.3 Å². The fourth-order valence-corrected chi connectivity index (χ4v) is 2.06. The smallest absolute Gasteiger partial charge is 0.191 e. The Morgan fingerprint density at radius 1 is 1.31 bits per heavy atom.